The Hall–Kier alpha value is -3.47. The molecule has 5 rings (SSSR count). The molecule has 10 nitrogen and oxygen atoms in total. The summed E-state index contributed by atoms with van der Waals surface area (Å²) < 4.78 is 27.7. The molecule has 10 heteroatoms. The maximum Gasteiger partial charge on any atom is 0.203 e. The predicted octanol–water partition coefficient (Wildman–Crippen LogP) is 2.19. The van der Waals surface area contributed by atoms with E-state index in [1.54, 1.807) is 35.5 Å². The quantitative estimate of drug-likeness (QED) is 0.440. The van der Waals surface area contributed by atoms with Crippen LogP contribution in [0.4, 0.5) is 0 Å². The molecule has 2 heterocycles. The highest BCUT2D eigenvalue weighted by Crippen LogP contribution is 2.51. The number of benzene rings is 2. The first-order chi connectivity index (χ1) is 17.9. The van der Waals surface area contributed by atoms with Gasteiger partial charge in [-0.1, -0.05) is 0 Å². The molecular formula is C27H33N3O7. The monoisotopic (exact) mass is 511 g/mol. The number of Topliss-reactive ketones (excluding diaryl/α,β-unsaturated/α-hetero) is 1. The summed E-state index contributed by atoms with van der Waals surface area (Å²) in [6.07, 6.45) is -0.256. The van der Waals surface area contributed by atoms with Crippen LogP contribution in [-0.2, 0) is 4.79 Å². The highest BCUT2D eigenvalue weighted by Gasteiger charge is 2.50. The highest BCUT2D eigenvalue weighted by atomic mass is 16.5. The van der Waals surface area contributed by atoms with E-state index in [1.165, 1.54) is 0 Å². The van der Waals surface area contributed by atoms with Gasteiger partial charge in [0.05, 0.1) is 41.7 Å². The summed E-state index contributed by atoms with van der Waals surface area (Å²) in [6, 6.07) is 9.34. The molecule has 0 aromatic heterocycles. The van der Waals surface area contributed by atoms with Gasteiger partial charge in [0.2, 0.25) is 5.75 Å². The Balaban J connectivity index is 1.60. The average Bonchev–Trinajstić information content (AvgIpc) is 3.30. The Morgan fingerprint density at radius 1 is 0.838 bits per heavy atom. The minimum absolute atomic E-state index is 0.0138. The lowest BCUT2D eigenvalue weighted by molar-refractivity contribution is -0.117. The van der Waals surface area contributed by atoms with Crippen molar-refractivity contribution in [3.05, 3.63) is 52.7 Å². The molecule has 1 saturated heterocycles. The number of carbonyl (C=O) groups is 1. The van der Waals surface area contributed by atoms with Crippen molar-refractivity contribution < 1.29 is 33.6 Å². The molecule has 3 unspecified atom stereocenters. The molecule has 37 heavy (non-hydrogen) atoms. The van der Waals surface area contributed by atoms with Crippen molar-refractivity contribution in [1.82, 2.24) is 16.2 Å². The van der Waals surface area contributed by atoms with Gasteiger partial charge in [-0.25, -0.2) is 10.9 Å². The van der Waals surface area contributed by atoms with E-state index < -0.39 is 12.1 Å². The van der Waals surface area contributed by atoms with Crippen LogP contribution < -0.4 is 39.9 Å². The van der Waals surface area contributed by atoms with Crippen molar-refractivity contribution in [3.8, 4) is 28.7 Å². The summed E-state index contributed by atoms with van der Waals surface area (Å²) in [5.41, 5.74) is 9.30. The van der Waals surface area contributed by atoms with E-state index in [0.717, 1.165) is 16.8 Å². The zero-order chi connectivity index (χ0) is 26.3. The molecule has 5 atom stereocenters. The zero-order valence-electron chi connectivity index (χ0n) is 21.6. The third-order valence-electron chi connectivity index (χ3n) is 7.60. The fourth-order valence-electron chi connectivity index (χ4n) is 5.88. The lowest BCUT2D eigenvalue weighted by Gasteiger charge is -2.42. The number of rotatable bonds is 7. The van der Waals surface area contributed by atoms with Gasteiger partial charge in [-0.05, 0) is 48.2 Å². The molecule has 1 fully saturated rings. The van der Waals surface area contributed by atoms with Crippen LogP contribution in [0.15, 0.2) is 41.6 Å². The second kappa shape index (κ2) is 10.1. The number of hydrogen-bond acceptors (Lipinski definition) is 10. The summed E-state index contributed by atoms with van der Waals surface area (Å²) in [7, 11) is 7.92. The average molecular weight is 512 g/mol. The first-order valence-corrected chi connectivity index (χ1v) is 12.2. The van der Waals surface area contributed by atoms with Gasteiger partial charge in [-0.15, -0.1) is 0 Å². The van der Waals surface area contributed by atoms with Crippen LogP contribution in [0.3, 0.4) is 0 Å². The van der Waals surface area contributed by atoms with Gasteiger partial charge >= 0.3 is 0 Å². The van der Waals surface area contributed by atoms with Crippen LogP contribution in [0.1, 0.15) is 35.8 Å². The van der Waals surface area contributed by atoms with E-state index in [-0.39, 0.29) is 23.8 Å². The normalized spacial score (nSPS) is 26.6. The molecule has 2 aromatic carbocycles. The van der Waals surface area contributed by atoms with Gasteiger partial charge in [0.15, 0.2) is 17.3 Å². The van der Waals surface area contributed by atoms with E-state index in [9.17, 15) is 9.90 Å². The molecule has 2 aliphatic heterocycles. The first-order valence-electron chi connectivity index (χ1n) is 12.2. The van der Waals surface area contributed by atoms with Gasteiger partial charge in [0, 0.05) is 35.1 Å². The second-order valence-corrected chi connectivity index (χ2v) is 9.40. The third kappa shape index (κ3) is 4.24. The summed E-state index contributed by atoms with van der Waals surface area (Å²) in [6.45, 7) is 0. The second-order valence-electron chi connectivity index (χ2n) is 9.40. The molecule has 0 amide bonds. The van der Waals surface area contributed by atoms with Crippen molar-refractivity contribution in [2.24, 2.45) is 5.92 Å². The molecule has 1 aliphatic carbocycles. The Morgan fingerprint density at radius 3 is 2.16 bits per heavy atom. The number of nitrogens with one attached hydrogen (secondary N) is 3. The van der Waals surface area contributed by atoms with Crippen molar-refractivity contribution in [1.29, 1.82) is 0 Å². The molecule has 2 aromatic rings. The number of allylic oxidation sites excluding steroid dienone is 2. The van der Waals surface area contributed by atoms with Gasteiger partial charge in [0.25, 0.3) is 0 Å². The molecule has 0 spiro atoms. The predicted molar refractivity (Wildman–Crippen MR) is 135 cm³/mol. The van der Waals surface area contributed by atoms with Gasteiger partial charge < -0.3 is 34.1 Å². The summed E-state index contributed by atoms with van der Waals surface area (Å²) in [5, 5.41) is 14.3. The van der Waals surface area contributed by atoms with Gasteiger partial charge in [-0.3, -0.25) is 4.79 Å². The van der Waals surface area contributed by atoms with Crippen LogP contribution in [-0.4, -0.2) is 58.8 Å². The number of methoxy groups -OCH3 is 5. The number of ether oxygens (including phenoxy) is 5. The van der Waals surface area contributed by atoms with E-state index in [4.69, 9.17) is 23.7 Å². The minimum atomic E-state index is -0.868. The fourth-order valence-corrected chi connectivity index (χ4v) is 5.88. The Labute approximate surface area is 215 Å². The molecule has 0 bridgehead atoms. The summed E-state index contributed by atoms with van der Waals surface area (Å²) in [5.74, 6) is 2.05. The maximum absolute atomic E-state index is 13.9. The van der Waals surface area contributed by atoms with Crippen LogP contribution in [0, 0.1) is 5.92 Å². The number of fused-ring (bicyclic) bond motifs is 1. The Kier molecular flexibility index (Phi) is 6.89. The standard InChI is InChI=1S/C27H33N3O7/c1-33-15-6-7-19(34-2)16(12-15)22-23-17(28-26-24(22)27(32)30-29-26)8-13(9-18(23)31)14-10-20(35-3)25(37-5)21(11-14)36-4/h6-7,10-13,22,24,26-30,32H,8-9H2,1-5H3/t13-,22-,24?,26?,27?/m1/s1. The van der Waals surface area contributed by atoms with Crippen LogP contribution >= 0.6 is 0 Å². The van der Waals surface area contributed by atoms with E-state index in [2.05, 4.69) is 16.2 Å². The SMILES string of the molecule is COc1ccc(OC)c([C@@H]2C3=C(C[C@@H](c4cc(OC)c(OC)c(OC)c4)CC3=O)NC3NNC(O)C32)c1. The highest BCUT2D eigenvalue weighted by molar-refractivity contribution is 5.99. The van der Waals surface area contributed by atoms with Crippen LogP contribution in [0.5, 0.6) is 28.7 Å². The van der Waals surface area contributed by atoms with Crippen molar-refractivity contribution >= 4 is 5.78 Å². The summed E-state index contributed by atoms with van der Waals surface area (Å²) >= 11 is 0. The van der Waals surface area contributed by atoms with E-state index in [0.29, 0.717) is 47.2 Å². The smallest absolute Gasteiger partial charge is 0.203 e. The molecule has 3 aliphatic rings. The number of aliphatic hydroxyl groups excluding tert-OH is 1. The number of aliphatic hydroxyl groups is 1. The van der Waals surface area contributed by atoms with Crippen LogP contribution in [0.2, 0.25) is 0 Å². The minimum Gasteiger partial charge on any atom is -0.497 e. The fraction of sp³-hybridized carbons (Fsp3) is 0.444. The molecule has 4 N–H and O–H groups in total. The van der Waals surface area contributed by atoms with E-state index >= 15 is 0 Å². The third-order valence-corrected chi connectivity index (χ3v) is 7.60. The molecular weight excluding hydrogens is 478 g/mol. The molecule has 198 valence electrons. The van der Waals surface area contributed by atoms with Crippen molar-refractivity contribution in [2.75, 3.05) is 35.5 Å². The lowest BCUT2D eigenvalue weighted by atomic mass is 9.68. The number of ketones is 1. The zero-order valence-corrected chi connectivity index (χ0v) is 21.6. The molecule has 0 saturated carbocycles. The number of hydrogen-bond donors (Lipinski definition) is 4. The topological polar surface area (TPSA) is 120 Å². The Bertz CT molecular complexity index is 1210. The maximum atomic E-state index is 13.9. The van der Waals surface area contributed by atoms with Gasteiger partial charge in [-0.2, -0.15) is 0 Å². The van der Waals surface area contributed by atoms with Crippen molar-refractivity contribution in [3.63, 3.8) is 0 Å². The van der Waals surface area contributed by atoms with Crippen LogP contribution in [0.25, 0.3) is 0 Å². The van der Waals surface area contributed by atoms with E-state index in [1.807, 2.05) is 30.3 Å². The Morgan fingerprint density at radius 2 is 1.54 bits per heavy atom. The number of carbonyl (C=O) groups excluding carboxylic acids is 1. The van der Waals surface area contributed by atoms with Crippen molar-refractivity contribution in [2.45, 2.75) is 37.1 Å². The number of hydrazine groups is 1. The molecule has 0 radical (unpaired) electrons. The lowest BCUT2D eigenvalue weighted by Crippen LogP contribution is -2.51. The summed E-state index contributed by atoms with van der Waals surface area (Å²) in [4.78, 5) is 13.9. The largest absolute Gasteiger partial charge is 0.497 e. The first kappa shape index (κ1) is 25.2. The van der Waals surface area contributed by atoms with Gasteiger partial charge in [0.1, 0.15) is 17.7 Å².